The number of carbonyl (C=O) groups excluding carboxylic acids is 1. The molecule has 4 atom stereocenters. The van der Waals surface area contributed by atoms with Crippen molar-refractivity contribution < 1.29 is 19.4 Å². The van der Waals surface area contributed by atoms with Crippen LogP contribution in [-0.4, -0.2) is 36.0 Å². The number of hydrogen-bond acceptors (Lipinski definition) is 4. The van der Waals surface area contributed by atoms with Gasteiger partial charge < -0.3 is 14.6 Å². The summed E-state index contributed by atoms with van der Waals surface area (Å²) in [7, 11) is 0. The Kier molecular flexibility index (Phi) is 1.43. The maximum atomic E-state index is 11.6. The van der Waals surface area contributed by atoms with Crippen molar-refractivity contribution in [2.75, 3.05) is 13.2 Å². The number of hydrogen-bond donors (Lipinski definition) is 1. The van der Waals surface area contributed by atoms with Crippen LogP contribution in [0.5, 0.6) is 0 Å². The average Bonchev–Trinajstić information content (AvgIpc) is 2.78. The second kappa shape index (κ2) is 2.31. The first kappa shape index (κ1) is 8.68. The zero-order valence-electron chi connectivity index (χ0n) is 8.16. The van der Waals surface area contributed by atoms with Crippen LogP contribution in [0, 0.1) is 11.3 Å². The Morgan fingerprint density at radius 3 is 3.14 bits per heavy atom. The normalized spacial score (nSPS) is 54.9. The summed E-state index contributed by atoms with van der Waals surface area (Å²) in [4.78, 5) is 11.6. The highest BCUT2D eigenvalue weighted by atomic mass is 16.6. The molecule has 2 bridgehead atoms. The van der Waals surface area contributed by atoms with Gasteiger partial charge in [0, 0.05) is 5.92 Å². The van der Waals surface area contributed by atoms with Crippen molar-refractivity contribution >= 4 is 5.97 Å². The molecule has 78 valence electrons. The summed E-state index contributed by atoms with van der Waals surface area (Å²) >= 11 is 0. The summed E-state index contributed by atoms with van der Waals surface area (Å²) in [5.74, 6) is -0.103. The van der Waals surface area contributed by atoms with Crippen LogP contribution in [0.4, 0.5) is 0 Å². The molecular weight excluding hydrogens is 184 g/mol. The molecule has 0 saturated carbocycles. The molecule has 3 fully saturated rings. The molecule has 0 radical (unpaired) electrons. The lowest BCUT2D eigenvalue weighted by atomic mass is 9.64. The van der Waals surface area contributed by atoms with Crippen molar-refractivity contribution in [3.05, 3.63) is 0 Å². The van der Waals surface area contributed by atoms with Crippen molar-refractivity contribution in [1.82, 2.24) is 0 Å². The van der Waals surface area contributed by atoms with Crippen LogP contribution in [0.15, 0.2) is 0 Å². The van der Waals surface area contributed by atoms with E-state index < -0.39 is 11.0 Å². The predicted molar refractivity (Wildman–Crippen MR) is 46.5 cm³/mol. The van der Waals surface area contributed by atoms with Gasteiger partial charge in [-0.25, -0.2) is 0 Å². The summed E-state index contributed by atoms with van der Waals surface area (Å²) in [6, 6.07) is 0. The number of cyclic esters (lactones) is 1. The van der Waals surface area contributed by atoms with E-state index in [0.717, 1.165) is 12.8 Å². The van der Waals surface area contributed by atoms with E-state index in [1.54, 1.807) is 0 Å². The van der Waals surface area contributed by atoms with E-state index in [4.69, 9.17) is 9.47 Å². The van der Waals surface area contributed by atoms with Crippen molar-refractivity contribution in [1.29, 1.82) is 0 Å². The Balaban J connectivity index is 2.07. The molecule has 3 aliphatic rings. The lowest BCUT2D eigenvalue weighted by molar-refractivity contribution is -0.150. The predicted octanol–water partition coefficient (Wildman–Crippen LogP) is 0.0894. The molecule has 1 N–H and O–H groups in total. The molecule has 0 aliphatic carbocycles. The van der Waals surface area contributed by atoms with Crippen LogP contribution in [0.3, 0.4) is 0 Å². The molecule has 0 amide bonds. The van der Waals surface area contributed by atoms with Gasteiger partial charge in [0.1, 0.15) is 5.41 Å². The Morgan fingerprint density at radius 2 is 2.43 bits per heavy atom. The summed E-state index contributed by atoms with van der Waals surface area (Å²) < 4.78 is 10.9. The fourth-order valence-corrected chi connectivity index (χ4v) is 3.37. The Bertz CT molecular complexity index is 302. The van der Waals surface area contributed by atoms with Gasteiger partial charge in [-0.1, -0.05) is 0 Å². The molecular formula is C10H14O4. The van der Waals surface area contributed by atoms with Gasteiger partial charge >= 0.3 is 5.97 Å². The van der Waals surface area contributed by atoms with Crippen LogP contribution in [0.25, 0.3) is 0 Å². The topological polar surface area (TPSA) is 55.8 Å². The van der Waals surface area contributed by atoms with E-state index in [1.807, 2.05) is 6.92 Å². The molecule has 0 spiro atoms. The molecule has 14 heavy (non-hydrogen) atoms. The van der Waals surface area contributed by atoms with Gasteiger partial charge in [-0.05, 0) is 19.8 Å². The van der Waals surface area contributed by atoms with Gasteiger partial charge in [-0.15, -0.1) is 0 Å². The zero-order chi connectivity index (χ0) is 9.97. The number of carbonyl (C=O) groups is 1. The lowest BCUT2D eigenvalue weighted by Crippen LogP contribution is -2.46. The van der Waals surface area contributed by atoms with Crippen molar-refractivity contribution in [3.63, 3.8) is 0 Å². The van der Waals surface area contributed by atoms with Gasteiger partial charge in [0.25, 0.3) is 0 Å². The Morgan fingerprint density at radius 1 is 1.64 bits per heavy atom. The summed E-state index contributed by atoms with van der Waals surface area (Å²) in [6.07, 6.45) is 1.67. The highest BCUT2D eigenvalue weighted by molar-refractivity contribution is 5.80. The van der Waals surface area contributed by atoms with Gasteiger partial charge in [0.2, 0.25) is 0 Å². The number of aliphatic hydroxyl groups is 1. The van der Waals surface area contributed by atoms with E-state index in [2.05, 4.69) is 0 Å². The van der Waals surface area contributed by atoms with Crippen molar-refractivity contribution in [2.45, 2.75) is 31.5 Å². The van der Waals surface area contributed by atoms with Crippen LogP contribution in [-0.2, 0) is 14.3 Å². The van der Waals surface area contributed by atoms with Crippen LogP contribution in [0.1, 0.15) is 19.8 Å². The Labute approximate surface area is 82.2 Å². The van der Waals surface area contributed by atoms with E-state index in [0.29, 0.717) is 6.61 Å². The molecule has 3 rings (SSSR count). The Hall–Kier alpha value is -0.610. The first-order chi connectivity index (χ1) is 6.63. The smallest absolute Gasteiger partial charge is 0.314 e. The molecule has 4 heteroatoms. The molecule has 0 unspecified atom stereocenters. The minimum Gasteiger partial charge on any atom is -0.465 e. The summed E-state index contributed by atoms with van der Waals surface area (Å²) in [5, 5.41) is 9.40. The zero-order valence-corrected chi connectivity index (χ0v) is 8.16. The second-order valence-corrected chi connectivity index (χ2v) is 4.80. The van der Waals surface area contributed by atoms with Gasteiger partial charge in [-0.3, -0.25) is 4.79 Å². The monoisotopic (exact) mass is 198 g/mol. The van der Waals surface area contributed by atoms with Crippen LogP contribution >= 0.6 is 0 Å². The SMILES string of the molecule is C[C@@]12C(=O)OC[C@@H]1[C@@]1(CO)CC[C@@H]2O1. The molecule has 0 aromatic carbocycles. The minimum absolute atomic E-state index is 0.000394. The van der Waals surface area contributed by atoms with E-state index in [-0.39, 0.29) is 24.6 Å². The third kappa shape index (κ3) is 0.684. The first-order valence-corrected chi connectivity index (χ1v) is 5.09. The number of esters is 1. The van der Waals surface area contributed by atoms with Crippen LogP contribution < -0.4 is 0 Å². The highest BCUT2D eigenvalue weighted by Gasteiger charge is 2.71. The molecule has 0 aromatic heterocycles. The number of rotatable bonds is 1. The van der Waals surface area contributed by atoms with Crippen molar-refractivity contribution in [3.8, 4) is 0 Å². The molecule has 3 aliphatic heterocycles. The maximum absolute atomic E-state index is 11.6. The van der Waals surface area contributed by atoms with Gasteiger partial charge in [0.05, 0.1) is 24.9 Å². The average molecular weight is 198 g/mol. The fraction of sp³-hybridized carbons (Fsp3) is 0.900. The van der Waals surface area contributed by atoms with Crippen molar-refractivity contribution in [2.24, 2.45) is 11.3 Å². The van der Waals surface area contributed by atoms with Gasteiger partial charge in [0.15, 0.2) is 0 Å². The first-order valence-electron chi connectivity index (χ1n) is 5.09. The minimum atomic E-state index is -0.499. The fourth-order valence-electron chi connectivity index (χ4n) is 3.37. The van der Waals surface area contributed by atoms with E-state index in [1.165, 1.54) is 0 Å². The van der Waals surface area contributed by atoms with Gasteiger partial charge in [-0.2, -0.15) is 0 Å². The lowest BCUT2D eigenvalue weighted by Gasteiger charge is -2.33. The summed E-state index contributed by atoms with van der Waals surface area (Å²) in [5.41, 5.74) is -0.993. The highest BCUT2D eigenvalue weighted by Crippen LogP contribution is 2.60. The molecule has 0 aromatic rings. The standard InChI is InChI=1S/C10H14O4/c1-9-6(4-13-8(9)12)10(5-11)3-2-7(9)14-10/h6-7,11H,2-5H2,1H3/t6-,7-,9+,10-/m0/s1. The number of aliphatic hydroxyl groups excluding tert-OH is 1. The third-order valence-electron chi connectivity index (χ3n) is 4.32. The van der Waals surface area contributed by atoms with E-state index >= 15 is 0 Å². The molecule has 3 heterocycles. The molecule has 4 nitrogen and oxygen atoms in total. The largest absolute Gasteiger partial charge is 0.465 e. The molecule has 3 saturated heterocycles. The second-order valence-electron chi connectivity index (χ2n) is 4.80. The quantitative estimate of drug-likeness (QED) is 0.607. The number of fused-ring (bicyclic) bond motifs is 5. The maximum Gasteiger partial charge on any atom is 0.314 e. The number of ether oxygens (including phenoxy) is 2. The van der Waals surface area contributed by atoms with Crippen LogP contribution in [0.2, 0.25) is 0 Å². The third-order valence-corrected chi connectivity index (χ3v) is 4.32. The van der Waals surface area contributed by atoms with E-state index in [9.17, 15) is 9.90 Å². The summed E-state index contributed by atoms with van der Waals surface area (Å²) in [6.45, 7) is 2.32.